The number of carbonyl (C=O) groups excluding carboxylic acids is 2. The van der Waals surface area contributed by atoms with Gasteiger partial charge in [0, 0.05) is 38.9 Å². The number of amides is 2. The van der Waals surface area contributed by atoms with Gasteiger partial charge in [-0.2, -0.15) is 0 Å². The molecule has 0 atom stereocenters. The van der Waals surface area contributed by atoms with Crippen LogP contribution in [0.4, 0.5) is 10.5 Å². The van der Waals surface area contributed by atoms with Crippen molar-refractivity contribution in [3.63, 3.8) is 0 Å². The van der Waals surface area contributed by atoms with Crippen molar-refractivity contribution in [3.05, 3.63) is 28.8 Å². The third-order valence-corrected chi connectivity index (χ3v) is 4.44. The van der Waals surface area contributed by atoms with Gasteiger partial charge in [0.15, 0.2) is 0 Å². The zero-order chi connectivity index (χ0) is 19.5. The quantitative estimate of drug-likeness (QED) is 0.863. The molecule has 0 unspecified atom stereocenters. The third-order valence-electron chi connectivity index (χ3n) is 4.12. The molecule has 1 aromatic carbocycles. The molecular formula is C19H28ClN3O3. The molecule has 144 valence electrons. The average molecular weight is 382 g/mol. The molecule has 1 aromatic rings. The van der Waals surface area contributed by atoms with Gasteiger partial charge in [-0.3, -0.25) is 4.79 Å². The summed E-state index contributed by atoms with van der Waals surface area (Å²) in [4.78, 5) is 27.4. The molecule has 0 aliphatic carbocycles. The standard InChI is InChI=1S/C19H28ClN3O3/c1-19(2,3)26-18(25)23-10-8-13(9-11-23)21-14-6-7-15(16(20)12-14)17(24)22(4)5/h6-7,12-13,21H,8-11H2,1-5H3. The predicted octanol–water partition coefficient (Wildman–Crippen LogP) is 3.85. The number of halogens is 1. The molecule has 0 saturated carbocycles. The molecule has 7 heteroatoms. The molecule has 1 fully saturated rings. The van der Waals surface area contributed by atoms with Crippen LogP contribution in [0.2, 0.25) is 5.02 Å². The largest absolute Gasteiger partial charge is 0.444 e. The van der Waals surface area contributed by atoms with E-state index in [9.17, 15) is 9.59 Å². The molecule has 1 N–H and O–H groups in total. The lowest BCUT2D eigenvalue weighted by atomic mass is 10.0. The Hall–Kier alpha value is -1.95. The van der Waals surface area contributed by atoms with Gasteiger partial charge in [-0.05, 0) is 51.8 Å². The van der Waals surface area contributed by atoms with Crippen LogP contribution in [-0.2, 0) is 4.74 Å². The minimum Gasteiger partial charge on any atom is -0.444 e. The number of piperidine rings is 1. The Morgan fingerprint density at radius 2 is 1.85 bits per heavy atom. The fourth-order valence-electron chi connectivity index (χ4n) is 2.79. The average Bonchev–Trinajstić information content (AvgIpc) is 2.53. The minimum absolute atomic E-state index is 0.118. The lowest BCUT2D eigenvalue weighted by molar-refractivity contribution is 0.0210. The van der Waals surface area contributed by atoms with E-state index in [4.69, 9.17) is 16.3 Å². The van der Waals surface area contributed by atoms with Gasteiger partial charge in [0.1, 0.15) is 5.60 Å². The Morgan fingerprint density at radius 1 is 1.23 bits per heavy atom. The number of likely N-dealkylation sites (tertiary alicyclic amines) is 1. The lowest BCUT2D eigenvalue weighted by Gasteiger charge is -2.34. The van der Waals surface area contributed by atoms with E-state index in [0.717, 1.165) is 18.5 Å². The van der Waals surface area contributed by atoms with Crippen molar-refractivity contribution in [1.29, 1.82) is 0 Å². The summed E-state index contributed by atoms with van der Waals surface area (Å²) < 4.78 is 5.41. The van der Waals surface area contributed by atoms with E-state index >= 15 is 0 Å². The van der Waals surface area contributed by atoms with Crippen molar-refractivity contribution in [2.24, 2.45) is 0 Å². The van der Waals surface area contributed by atoms with Gasteiger partial charge in [0.25, 0.3) is 5.91 Å². The molecule has 0 bridgehead atoms. The second-order valence-corrected chi connectivity index (χ2v) is 8.19. The molecule has 1 aliphatic heterocycles. The van der Waals surface area contributed by atoms with E-state index < -0.39 is 5.60 Å². The molecule has 2 rings (SSSR count). The number of carbonyl (C=O) groups is 2. The van der Waals surface area contributed by atoms with Gasteiger partial charge < -0.3 is 19.9 Å². The minimum atomic E-state index is -0.478. The van der Waals surface area contributed by atoms with Crippen molar-refractivity contribution < 1.29 is 14.3 Å². The van der Waals surface area contributed by atoms with Crippen molar-refractivity contribution in [1.82, 2.24) is 9.80 Å². The van der Waals surface area contributed by atoms with Crippen LogP contribution in [0.1, 0.15) is 44.0 Å². The van der Waals surface area contributed by atoms with E-state index in [-0.39, 0.29) is 18.0 Å². The first-order valence-corrected chi connectivity index (χ1v) is 9.20. The SMILES string of the molecule is CN(C)C(=O)c1ccc(NC2CCN(C(=O)OC(C)(C)C)CC2)cc1Cl. The molecule has 0 aromatic heterocycles. The Morgan fingerprint density at radius 3 is 2.35 bits per heavy atom. The number of hydrogen-bond acceptors (Lipinski definition) is 4. The highest BCUT2D eigenvalue weighted by Crippen LogP contribution is 2.24. The first kappa shape index (κ1) is 20.4. The first-order valence-electron chi connectivity index (χ1n) is 8.82. The number of hydrogen-bond donors (Lipinski definition) is 1. The smallest absolute Gasteiger partial charge is 0.410 e. The van der Waals surface area contributed by atoms with Gasteiger partial charge in [0.2, 0.25) is 0 Å². The van der Waals surface area contributed by atoms with E-state index in [2.05, 4.69) is 5.32 Å². The zero-order valence-electron chi connectivity index (χ0n) is 16.1. The van der Waals surface area contributed by atoms with Crippen LogP contribution in [0.3, 0.4) is 0 Å². The molecule has 2 amide bonds. The van der Waals surface area contributed by atoms with Gasteiger partial charge >= 0.3 is 6.09 Å². The molecule has 1 saturated heterocycles. The molecule has 0 spiro atoms. The highest BCUT2D eigenvalue weighted by molar-refractivity contribution is 6.34. The van der Waals surface area contributed by atoms with Crippen molar-refractivity contribution in [2.75, 3.05) is 32.5 Å². The summed E-state index contributed by atoms with van der Waals surface area (Å²) in [5.41, 5.74) is 0.886. The Kier molecular flexibility index (Phi) is 6.39. The van der Waals surface area contributed by atoms with Crippen LogP contribution in [-0.4, -0.2) is 60.6 Å². The van der Waals surface area contributed by atoms with Crippen molar-refractivity contribution >= 4 is 29.3 Å². The summed E-state index contributed by atoms with van der Waals surface area (Å²) in [5.74, 6) is -0.118. The van der Waals surface area contributed by atoms with Crippen molar-refractivity contribution in [2.45, 2.75) is 45.3 Å². The number of ether oxygens (including phenoxy) is 1. The summed E-state index contributed by atoms with van der Waals surface area (Å²) in [5, 5.41) is 3.87. The molecular weight excluding hydrogens is 354 g/mol. The van der Waals surface area contributed by atoms with Gasteiger partial charge in [-0.15, -0.1) is 0 Å². The Balaban J connectivity index is 1.91. The summed E-state index contributed by atoms with van der Waals surface area (Å²) in [6.07, 6.45) is 1.40. The first-order chi connectivity index (χ1) is 12.1. The number of benzene rings is 1. The topological polar surface area (TPSA) is 61.9 Å². The van der Waals surface area contributed by atoms with Crippen LogP contribution in [0.25, 0.3) is 0 Å². The lowest BCUT2D eigenvalue weighted by Crippen LogP contribution is -2.44. The number of anilines is 1. The van der Waals surface area contributed by atoms with Gasteiger partial charge in [-0.1, -0.05) is 11.6 Å². The van der Waals surface area contributed by atoms with Crippen LogP contribution < -0.4 is 5.32 Å². The van der Waals surface area contributed by atoms with Crippen LogP contribution in [0.5, 0.6) is 0 Å². The highest BCUT2D eigenvalue weighted by atomic mass is 35.5. The number of nitrogens with one attached hydrogen (secondary N) is 1. The second kappa shape index (κ2) is 8.16. The van der Waals surface area contributed by atoms with Gasteiger partial charge in [0.05, 0.1) is 10.6 Å². The normalized spacial score (nSPS) is 15.5. The number of nitrogens with zero attached hydrogens (tertiary/aromatic N) is 2. The highest BCUT2D eigenvalue weighted by Gasteiger charge is 2.27. The number of rotatable bonds is 3. The predicted molar refractivity (Wildman–Crippen MR) is 104 cm³/mol. The fraction of sp³-hybridized carbons (Fsp3) is 0.579. The van der Waals surface area contributed by atoms with Crippen LogP contribution in [0, 0.1) is 0 Å². The second-order valence-electron chi connectivity index (χ2n) is 7.78. The monoisotopic (exact) mass is 381 g/mol. The molecule has 1 heterocycles. The third kappa shape index (κ3) is 5.53. The Bertz CT molecular complexity index is 662. The van der Waals surface area contributed by atoms with E-state index in [1.165, 1.54) is 4.90 Å². The maximum Gasteiger partial charge on any atom is 0.410 e. The maximum absolute atomic E-state index is 12.1. The summed E-state index contributed by atoms with van der Waals surface area (Å²) in [7, 11) is 3.40. The van der Waals surface area contributed by atoms with E-state index in [1.54, 1.807) is 31.1 Å². The molecule has 6 nitrogen and oxygen atoms in total. The fourth-order valence-corrected chi connectivity index (χ4v) is 3.05. The maximum atomic E-state index is 12.1. The summed E-state index contributed by atoms with van der Waals surface area (Å²) >= 11 is 6.26. The Labute approximate surface area is 160 Å². The van der Waals surface area contributed by atoms with Crippen LogP contribution >= 0.6 is 11.6 Å². The zero-order valence-corrected chi connectivity index (χ0v) is 16.9. The molecule has 26 heavy (non-hydrogen) atoms. The van der Waals surface area contributed by atoms with E-state index in [0.29, 0.717) is 23.7 Å². The summed E-state index contributed by atoms with van der Waals surface area (Å²) in [6.45, 7) is 6.91. The molecule has 1 aliphatic rings. The van der Waals surface area contributed by atoms with Gasteiger partial charge in [-0.25, -0.2) is 4.79 Å². The van der Waals surface area contributed by atoms with Crippen LogP contribution in [0.15, 0.2) is 18.2 Å². The van der Waals surface area contributed by atoms with E-state index in [1.807, 2.05) is 26.8 Å². The van der Waals surface area contributed by atoms with Crippen molar-refractivity contribution in [3.8, 4) is 0 Å². The molecule has 0 radical (unpaired) electrons. The summed E-state index contributed by atoms with van der Waals surface area (Å²) in [6, 6.07) is 5.63.